The molecule has 2 aromatic rings. The number of carbonyl (C=O) groups is 1. The van der Waals surface area contributed by atoms with Gasteiger partial charge < -0.3 is 14.8 Å². The third-order valence-electron chi connectivity index (χ3n) is 4.17. The maximum Gasteiger partial charge on any atom is 0.254 e. The van der Waals surface area contributed by atoms with Crippen LogP contribution in [0.2, 0.25) is 0 Å². The Morgan fingerprint density at radius 3 is 2.58 bits per heavy atom. The predicted octanol–water partition coefficient (Wildman–Crippen LogP) is 0.0680. The van der Waals surface area contributed by atoms with Crippen LogP contribution in [0, 0.1) is 13.8 Å². The lowest BCUT2D eigenvalue weighted by Crippen LogP contribution is -2.49. The maximum absolute atomic E-state index is 12.5. The Hall–Kier alpha value is -2.77. The van der Waals surface area contributed by atoms with Crippen LogP contribution in [0.4, 0.5) is 5.82 Å². The molecule has 1 amide bonds. The molecule has 0 saturated carbocycles. The summed E-state index contributed by atoms with van der Waals surface area (Å²) in [5.74, 6) is 1.33. The number of nitrogens with one attached hydrogen (secondary N) is 1. The number of carbonyl (C=O) groups excluding carboxylic acids is 1. The number of H-pyrrole nitrogens is 1. The third-order valence-corrected chi connectivity index (χ3v) is 4.17. The Morgan fingerprint density at radius 1 is 1.21 bits per heavy atom. The summed E-state index contributed by atoms with van der Waals surface area (Å²) >= 11 is 0. The van der Waals surface area contributed by atoms with E-state index in [1.54, 1.807) is 37.3 Å². The standard InChI is InChI=1S/C16H20N6O2/c1-11-13(16(24)20-12(2)19-11)9-15(23)22-7-5-21(6-8-22)14-10-17-3-4-18-14/h3-4,10H,5-9H2,1-2H3,(H,19,20,24). The van der Waals surface area contributed by atoms with Crippen LogP contribution < -0.4 is 10.5 Å². The van der Waals surface area contributed by atoms with Gasteiger partial charge in [0.1, 0.15) is 11.6 Å². The topological polar surface area (TPSA) is 95.1 Å². The summed E-state index contributed by atoms with van der Waals surface area (Å²) in [6.07, 6.45) is 5.10. The van der Waals surface area contributed by atoms with Gasteiger partial charge in [-0.3, -0.25) is 14.6 Å². The molecule has 0 bridgehead atoms. The molecule has 2 aromatic heterocycles. The summed E-state index contributed by atoms with van der Waals surface area (Å²) in [7, 11) is 0. The second-order valence-electron chi connectivity index (χ2n) is 5.82. The first kappa shape index (κ1) is 16.1. The smallest absolute Gasteiger partial charge is 0.254 e. The lowest BCUT2D eigenvalue weighted by Gasteiger charge is -2.35. The molecule has 0 unspecified atom stereocenters. The van der Waals surface area contributed by atoms with E-state index in [0.29, 0.717) is 43.3 Å². The molecule has 0 atom stereocenters. The van der Waals surface area contributed by atoms with Gasteiger partial charge in [-0.1, -0.05) is 0 Å². The van der Waals surface area contributed by atoms with Crippen molar-refractivity contribution in [3.8, 4) is 0 Å². The average Bonchev–Trinajstić information content (AvgIpc) is 2.59. The minimum atomic E-state index is -0.230. The van der Waals surface area contributed by atoms with Crippen molar-refractivity contribution in [3.63, 3.8) is 0 Å². The van der Waals surface area contributed by atoms with E-state index in [-0.39, 0.29) is 17.9 Å². The molecule has 1 fully saturated rings. The van der Waals surface area contributed by atoms with Gasteiger partial charge in [0, 0.05) is 49.8 Å². The molecule has 0 spiro atoms. The SMILES string of the molecule is Cc1nc(C)c(CC(=O)N2CCN(c3cnccn3)CC2)c(=O)[nH]1. The number of rotatable bonds is 3. The van der Waals surface area contributed by atoms with Gasteiger partial charge in [-0.25, -0.2) is 9.97 Å². The number of nitrogens with zero attached hydrogens (tertiary/aromatic N) is 5. The third kappa shape index (κ3) is 3.42. The molecule has 1 aliphatic rings. The van der Waals surface area contributed by atoms with Crippen LogP contribution in [0.25, 0.3) is 0 Å². The minimum Gasteiger partial charge on any atom is -0.352 e. The molecule has 3 heterocycles. The van der Waals surface area contributed by atoms with Crippen LogP contribution >= 0.6 is 0 Å². The summed E-state index contributed by atoms with van der Waals surface area (Å²) in [5, 5.41) is 0. The molecule has 1 saturated heterocycles. The van der Waals surface area contributed by atoms with Crippen LogP contribution in [0.5, 0.6) is 0 Å². The highest BCUT2D eigenvalue weighted by Crippen LogP contribution is 2.12. The van der Waals surface area contributed by atoms with E-state index in [9.17, 15) is 9.59 Å². The van der Waals surface area contributed by atoms with Gasteiger partial charge in [0.15, 0.2) is 0 Å². The molecule has 1 aliphatic heterocycles. The van der Waals surface area contributed by atoms with Crippen molar-refractivity contribution in [2.45, 2.75) is 20.3 Å². The lowest BCUT2D eigenvalue weighted by molar-refractivity contribution is -0.130. The van der Waals surface area contributed by atoms with Crippen molar-refractivity contribution >= 4 is 11.7 Å². The average molecular weight is 328 g/mol. The predicted molar refractivity (Wildman–Crippen MR) is 88.9 cm³/mol. The number of amides is 1. The van der Waals surface area contributed by atoms with E-state index in [4.69, 9.17) is 0 Å². The van der Waals surface area contributed by atoms with Gasteiger partial charge in [0.05, 0.1) is 12.6 Å². The zero-order valence-corrected chi connectivity index (χ0v) is 13.8. The highest BCUT2D eigenvalue weighted by atomic mass is 16.2. The van der Waals surface area contributed by atoms with Crippen molar-refractivity contribution < 1.29 is 4.79 Å². The molecule has 8 nitrogen and oxygen atoms in total. The van der Waals surface area contributed by atoms with Crippen LogP contribution in [0.15, 0.2) is 23.4 Å². The Balaban J connectivity index is 1.63. The number of aromatic nitrogens is 4. The normalized spacial score (nSPS) is 14.8. The quantitative estimate of drug-likeness (QED) is 0.856. The molecule has 1 N–H and O–H groups in total. The summed E-state index contributed by atoms with van der Waals surface area (Å²) < 4.78 is 0. The summed E-state index contributed by atoms with van der Waals surface area (Å²) in [6.45, 7) is 6.09. The highest BCUT2D eigenvalue weighted by molar-refractivity contribution is 5.79. The summed E-state index contributed by atoms with van der Waals surface area (Å²) in [5.41, 5.74) is 0.830. The van der Waals surface area contributed by atoms with Gasteiger partial charge in [-0.2, -0.15) is 0 Å². The van der Waals surface area contributed by atoms with Gasteiger partial charge in [0.2, 0.25) is 5.91 Å². The van der Waals surface area contributed by atoms with Crippen molar-refractivity contribution in [2.75, 3.05) is 31.1 Å². The Bertz CT molecular complexity index is 781. The Kier molecular flexibility index (Phi) is 4.54. The summed E-state index contributed by atoms with van der Waals surface area (Å²) in [6, 6.07) is 0. The number of aryl methyl sites for hydroxylation is 2. The lowest BCUT2D eigenvalue weighted by atomic mass is 10.1. The van der Waals surface area contributed by atoms with Gasteiger partial charge in [0.25, 0.3) is 5.56 Å². The van der Waals surface area contributed by atoms with E-state index >= 15 is 0 Å². The monoisotopic (exact) mass is 328 g/mol. The van der Waals surface area contributed by atoms with Crippen molar-refractivity contribution in [3.05, 3.63) is 46.0 Å². The van der Waals surface area contributed by atoms with Gasteiger partial charge in [-0.15, -0.1) is 0 Å². The summed E-state index contributed by atoms with van der Waals surface area (Å²) in [4.78, 5) is 43.6. The van der Waals surface area contributed by atoms with Crippen molar-refractivity contribution in [1.82, 2.24) is 24.8 Å². The van der Waals surface area contributed by atoms with Crippen LogP contribution in [-0.4, -0.2) is 56.9 Å². The van der Waals surface area contributed by atoms with Crippen LogP contribution in [0.1, 0.15) is 17.1 Å². The maximum atomic E-state index is 12.5. The number of hydrogen-bond acceptors (Lipinski definition) is 6. The second-order valence-corrected chi connectivity index (χ2v) is 5.82. The number of aromatic amines is 1. The fourth-order valence-electron chi connectivity index (χ4n) is 2.86. The molecule has 24 heavy (non-hydrogen) atoms. The Labute approximate surface area is 139 Å². The molecule has 0 radical (unpaired) electrons. The zero-order valence-electron chi connectivity index (χ0n) is 13.8. The van der Waals surface area contributed by atoms with Crippen molar-refractivity contribution in [1.29, 1.82) is 0 Å². The van der Waals surface area contributed by atoms with Gasteiger partial charge in [-0.05, 0) is 13.8 Å². The molecular formula is C16H20N6O2. The number of piperazine rings is 1. The molecule has 0 aromatic carbocycles. The first-order chi connectivity index (χ1) is 11.5. The zero-order chi connectivity index (χ0) is 17.1. The van der Waals surface area contributed by atoms with E-state index < -0.39 is 0 Å². The first-order valence-corrected chi connectivity index (χ1v) is 7.89. The molecular weight excluding hydrogens is 308 g/mol. The molecule has 126 valence electrons. The fraction of sp³-hybridized carbons (Fsp3) is 0.438. The molecule has 0 aliphatic carbocycles. The van der Waals surface area contributed by atoms with E-state index in [1.165, 1.54) is 0 Å². The largest absolute Gasteiger partial charge is 0.352 e. The number of hydrogen-bond donors (Lipinski definition) is 1. The van der Waals surface area contributed by atoms with E-state index in [1.807, 2.05) is 0 Å². The minimum absolute atomic E-state index is 0.0481. The second kappa shape index (κ2) is 6.77. The fourth-order valence-corrected chi connectivity index (χ4v) is 2.86. The number of anilines is 1. The van der Waals surface area contributed by atoms with Crippen molar-refractivity contribution in [2.24, 2.45) is 0 Å². The van der Waals surface area contributed by atoms with E-state index in [0.717, 1.165) is 5.82 Å². The Morgan fingerprint density at radius 2 is 1.96 bits per heavy atom. The highest BCUT2D eigenvalue weighted by Gasteiger charge is 2.23. The van der Waals surface area contributed by atoms with Gasteiger partial charge >= 0.3 is 0 Å². The molecule has 8 heteroatoms. The first-order valence-electron chi connectivity index (χ1n) is 7.89. The van der Waals surface area contributed by atoms with E-state index in [2.05, 4.69) is 24.8 Å². The molecule has 3 rings (SSSR count). The van der Waals surface area contributed by atoms with Crippen LogP contribution in [0.3, 0.4) is 0 Å². The van der Waals surface area contributed by atoms with Crippen LogP contribution in [-0.2, 0) is 11.2 Å².